The van der Waals surface area contributed by atoms with Crippen LogP contribution in [-0.4, -0.2) is 34.2 Å². The van der Waals surface area contributed by atoms with Crippen LogP contribution in [0.2, 0.25) is 0 Å². The topological polar surface area (TPSA) is 122 Å². The highest BCUT2D eigenvalue weighted by atomic mass is 16.6. The van der Waals surface area contributed by atoms with Gasteiger partial charge in [-0.15, -0.1) is 0 Å². The summed E-state index contributed by atoms with van der Waals surface area (Å²) in [6.07, 6.45) is 0. The van der Waals surface area contributed by atoms with Crippen LogP contribution in [0.15, 0.2) is 42.5 Å². The van der Waals surface area contributed by atoms with Gasteiger partial charge in [0.25, 0.3) is 17.5 Å². The molecule has 0 aromatic heterocycles. The number of imide groups is 1. The lowest BCUT2D eigenvalue weighted by molar-refractivity contribution is -0.384. The molecule has 0 fully saturated rings. The van der Waals surface area contributed by atoms with Gasteiger partial charge in [-0.1, -0.05) is 13.8 Å². The Hall–Kier alpha value is -3.75. The molecule has 1 aliphatic rings. The third kappa shape index (κ3) is 3.83. The molecule has 3 rings (SSSR count). The number of nitrogens with one attached hydrogen (secondary N) is 2. The Bertz CT molecular complexity index is 969. The van der Waals surface area contributed by atoms with E-state index in [1.165, 1.54) is 47.4 Å². The molecule has 0 aliphatic carbocycles. The summed E-state index contributed by atoms with van der Waals surface area (Å²) in [5.41, 5.74) is 1.20. The Balaban J connectivity index is 1.70. The minimum absolute atomic E-state index is 0.0845. The summed E-state index contributed by atoms with van der Waals surface area (Å²) in [6, 6.07) is 9.31. The van der Waals surface area contributed by atoms with Crippen molar-refractivity contribution < 1.29 is 19.3 Å². The first-order valence-electron chi connectivity index (χ1n) is 8.59. The van der Waals surface area contributed by atoms with Crippen molar-refractivity contribution in [3.05, 3.63) is 63.7 Å². The summed E-state index contributed by atoms with van der Waals surface area (Å²) in [7, 11) is 0. The van der Waals surface area contributed by atoms with Crippen LogP contribution in [0.25, 0.3) is 0 Å². The van der Waals surface area contributed by atoms with E-state index < -0.39 is 11.0 Å². The van der Waals surface area contributed by atoms with E-state index in [2.05, 4.69) is 10.6 Å². The Morgan fingerprint density at radius 2 is 1.57 bits per heavy atom. The van der Waals surface area contributed by atoms with E-state index in [0.717, 1.165) is 0 Å². The van der Waals surface area contributed by atoms with Gasteiger partial charge in [0.2, 0.25) is 0 Å². The fourth-order valence-corrected chi connectivity index (χ4v) is 2.86. The van der Waals surface area contributed by atoms with Crippen molar-refractivity contribution in [1.29, 1.82) is 0 Å². The number of urea groups is 1. The highest BCUT2D eigenvalue weighted by Gasteiger charge is 2.35. The number of rotatable bonds is 5. The van der Waals surface area contributed by atoms with Crippen molar-refractivity contribution in [2.75, 3.05) is 17.2 Å². The van der Waals surface area contributed by atoms with Crippen LogP contribution < -0.4 is 10.6 Å². The van der Waals surface area contributed by atoms with Crippen LogP contribution in [0, 0.1) is 16.0 Å². The molecule has 0 spiro atoms. The maximum atomic E-state index is 12.5. The van der Waals surface area contributed by atoms with E-state index in [0.29, 0.717) is 23.5 Å². The Morgan fingerprint density at radius 1 is 1.00 bits per heavy atom. The first-order chi connectivity index (χ1) is 13.3. The second kappa shape index (κ2) is 7.47. The highest BCUT2D eigenvalue weighted by molar-refractivity contribution is 6.22. The van der Waals surface area contributed by atoms with Crippen molar-refractivity contribution in [3.63, 3.8) is 0 Å². The van der Waals surface area contributed by atoms with Gasteiger partial charge in [-0.25, -0.2) is 4.79 Å². The molecular weight excluding hydrogens is 364 g/mol. The number of amides is 4. The van der Waals surface area contributed by atoms with Gasteiger partial charge < -0.3 is 10.6 Å². The molecule has 4 amide bonds. The maximum absolute atomic E-state index is 12.5. The van der Waals surface area contributed by atoms with Gasteiger partial charge in [-0.2, -0.15) is 0 Å². The normalized spacial score (nSPS) is 12.9. The van der Waals surface area contributed by atoms with E-state index in [4.69, 9.17) is 0 Å². The largest absolute Gasteiger partial charge is 0.323 e. The van der Waals surface area contributed by atoms with Crippen LogP contribution in [0.3, 0.4) is 0 Å². The maximum Gasteiger partial charge on any atom is 0.323 e. The monoisotopic (exact) mass is 382 g/mol. The van der Waals surface area contributed by atoms with Crippen molar-refractivity contribution in [1.82, 2.24) is 4.90 Å². The predicted molar refractivity (Wildman–Crippen MR) is 102 cm³/mol. The Kier molecular flexibility index (Phi) is 5.08. The number of non-ortho nitro benzene ring substituents is 1. The number of nitrogens with zero attached hydrogens (tertiary/aromatic N) is 2. The molecule has 0 unspecified atom stereocenters. The van der Waals surface area contributed by atoms with E-state index in [9.17, 15) is 24.5 Å². The van der Waals surface area contributed by atoms with Crippen LogP contribution in [-0.2, 0) is 0 Å². The second-order valence-corrected chi connectivity index (χ2v) is 6.76. The van der Waals surface area contributed by atoms with E-state index in [1.807, 2.05) is 13.8 Å². The lowest BCUT2D eigenvalue weighted by Crippen LogP contribution is -2.33. The molecule has 2 N–H and O–H groups in total. The van der Waals surface area contributed by atoms with E-state index in [1.54, 1.807) is 0 Å². The molecule has 144 valence electrons. The minimum atomic E-state index is -0.579. The summed E-state index contributed by atoms with van der Waals surface area (Å²) in [5, 5.41) is 15.8. The Labute approximate surface area is 160 Å². The molecule has 28 heavy (non-hydrogen) atoms. The van der Waals surface area contributed by atoms with Gasteiger partial charge in [0, 0.05) is 30.1 Å². The predicted octanol–water partition coefficient (Wildman–Crippen LogP) is 3.49. The van der Waals surface area contributed by atoms with Gasteiger partial charge >= 0.3 is 6.03 Å². The fraction of sp³-hybridized carbons (Fsp3) is 0.211. The smallest absolute Gasteiger partial charge is 0.308 e. The van der Waals surface area contributed by atoms with Gasteiger partial charge in [0.15, 0.2) is 0 Å². The van der Waals surface area contributed by atoms with Crippen LogP contribution in [0.5, 0.6) is 0 Å². The zero-order valence-corrected chi connectivity index (χ0v) is 15.3. The summed E-state index contributed by atoms with van der Waals surface area (Å²) in [5.74, 6) is -0.573. The molecule has 2 aromatic rings. The van der Waals surface area contributed by atoms with Crippen molar-refractivity contribution in [2.45, 2.75) is 13.8 Å². The number of fused-ring (bicyclic) bond motifs is 1. The summed E-state index contributed by atoms with van der Waals surface area (Å²) < 4.78 is 0. The molecule has 0 saturated carbocycles. The lowest BCUT2D eigenvalue weighted by Gasteiger charge is -2.15. The molecule has 1 aliphatic heterocycles. The summed E-state index contributed by atoms with van der Waals surface area (Å²) in [6.45, 7) is 4.16. The minimum Gasteiger partial charge on any atom is -0.308 e. The molecule has 0 bridgehead atoms. The first kappa shape index (κ1) is 19.0. The fourth-order valence-electron chi connectivity index (χ4n) is 2.86. The molecule has 0 saturated heterocycles. The Morgan fingerprint density at radius 3 is 2.18 bits per heavy atom. The second-order valence-electron chi connectivity index (χ2n) is 6.76. The molecule has 9 heteroatoms. The molecule has 9 nitrogen and oxygen atoms in total. The third-order valence-corrected chi connectivity index (χ3v) is 4.11. The average molecular weight is 382 g/mol. The van der Waals surface area contributed by atoms with Gasteiger partial charge in [-0.3, -0.25) is 24.6 Å². The quantitative estimate of drug-likeness (QED) is 0.466. The number of anilines is 2. The summed E-state index contributed by atoms with van der Waals surface area (Å²) in [4.78, 5) is 48.3. The molecule has 1 heterocycles. The van der Waals surface area contributed by atoms with Crippen LogP contribution >= 0.6 is 0 Å². The SMILES string of the molecule is CC(C)CN1C(=O)c2ccc(NC(=O)Nc3ccc([N+](=O)[O-])cc3)cc2C1=O. The zero-order chi connectivity index (χ0) is 20.4. The van der Waals surface area contributed by atoms with Crippen molar-refractivity contribution in [2.24, 2.45) is 5.92 Å². The standard InChI is InChI=1S/C19H18N4O5/c1-11(2)10-22-17(24)15-8-5-13(9-16(15)18(22)25)21-19(26)20-12-3-6-14(7-4-12)23(27)28/h3-9,11H,10H2,1-2H3,(H2,20,21,26). The van der Waals surface area contributed by atoms with E-state index in [-0.39, 0.29) is 29.0 Å². The van der Waals surface area contributed by atoms with Crippen LogP contribution in [0.1, 0.15) is 34.6 Å². The molecule has 2 aromatic carbocycles. The number of benzene rings is 2. The van der Waals surface area contributed by atoms with Gasteiger partial charge in [0.05, 0.1) is 16.1 Å². The zero-order valence-electron chi connectivity index (χ0n) is 15.3. The molecular formula is C19H18N4O5. The first-order valence-corrected chi connectivity index (χ1v) is 8.59. The van der Waals surface area contributed by atoms with Gasteiger partial charge in [0.1, 0.15) is 0 Å². The van der Waals surface area contributed by atoms with Gasteiger partial charge in [-0.05, 0) is 36.2 Å². The number of hydrogen-bond donors (Lipinski definition) is 2. The molecule has 0 radical (unpaired) electrons. The number of carbonyl (C=O) groups is 3. The lowest BCUT2D eigenvalue weighted by atomic mass is 10.1. The summed E-state index contributed by atoms with van der Waals surface area (Å²) >= 11 is 0. The number of nitro benzene ring substituents is 1. The van der Waals surface area contributed by atoms with E-state index >= 15 is 0 Å². The average Bonchev–Trinajstić information content (AvgIpc) is 2.86. The third-order valence-electron chi connectivity index (χ3n) is 4.11. The number of hydrogen-bond acceptors (Lipinski definition) is 5. The number of nitro groups is 1. The van der Waals surface area contributed by atoms with Crippen LogP contribution in [0.4, 0.5) is 21.9 Å². The molecule has 0 atom stereocenters. The van der Waals surface area contributed by atoms with Crippen molar-refractivity contribution >= 4 is 34.9 Å². The van der Waals surface area contributed by atoms with Crippen molar-refractivity contribution in [3.8, 4) is 0 Å². The highest BCUT2D eigenvalue weighted by Crippen LogP contribution is 2.26. The number of carbonyl (C=O) groups excluding carboxylic acids is 3.